The third-order valence-electron chi connectivity index (χ3n) is 3.01. The van der Waals surface area contributed by atoms with Crippen molar-refractivity contribution in [1.82, 2.24) is 4.90 Å². The number of nitrogens with two attached hydrogens (primary N) is 2. The number of nitrogens with zero attached hydrogens (tertiary/aromatic N) is 1. The van der Waals surface area contributed by atoms with Gasteiger partial charge in [0.25, 0.3) is 0 Å². The van der Waals surface area contributed by atoms with E-state index in [4.69, 9.17) is 11.5 Å². The molecule has 12 heavy (non-hydrogen) atoms. The number of carbonyl (C=O) groups is 1. The van der Waals surface area contributed by atoms with Crippen LogP contribution in [-0.4, -0.2) is 35.5 Å². The summed E-state index contributed by atoms with van der Waals surface area (Å²) in [6, 6.07) is 0.887. The first-order valence-corrected chi connectivity index (χ1v) is 4.49. The molecule has 2 aliphatic rings. The minimum atomic E-state index is -0.179. The Balaban J connectivity index is 1.86. The zero-order chi connectivity index (χ0) is 8.72. The summed E-state index contributed by atoms with van der Waals surface area (Å²) >= 11 is 0. The number of carbonyl (C=O) groups excluding carboxylic acids is 1. The van der Waals surface area contributed by atoms with E-state index in [9.17, 15) is 4.79 Å². The Morgan fingerprint density at radius 1 is 1.42 bits per heavy atom. The summed E-state index contributed by atoms with van der Waals surface area (Å²) in [5, 5.41) is 0. The number of primary amides is 1. The molecule has 1 unspecified atom stereocenters. The summed E-state index contributed by atoms with van der Waals surface area (Å²) < 4.78 is 0. The third-order valence-corrected chi connectivity index (χ3v) is 3.01. The van der Waals surface area contributed by atoms with Gasteiger partial charge in [-0.1, -0.05) is 0 Å². The molecule has 68 valence electrons. The molecule has 4 N–H and O–H groups in total. The SMILES string of the molecule is NC(=O)C1CCN1C1CC(N)C1. The van der Waals surface area contributed by atoms with E-state index >= 15 is 0 Å². The van der Waals surface area contributed by atoms with Gasteiger partial charge in [-0.3, -0.25) is 9.69 Å². The van der Waals surface area contributed by atoms with E-state index in [0.29, 0.717) is 12.1 Å². The molecule has 0 spiro atoms. The van der Waals surface area contributed by atoms with Crippen molar-refractivity contribution < 1.29 is 4.79 Å². The van der Waals surface area contributed by atoms with Gasteiger partial charge in [0.2, 0.25) is 5.91 Å². The number of likely N-dealkylation sites (tertiary alicyclic amines) is 1. The highest BCUT2D eigenvalue weighted by molar-refractivity contribution is 5.80. The van der Waals surface area contributed by atoms with Gasteiger partial charge in [0, 0.05) is 18.6 Å². The van der Waals surface area contributed by atoms with Crippen molar-refractivity contribution in [2.24, 2.45) is 11.5 Å². The Labute approximate surface area is 71.9 Å². The zero-order valence-electron chi connectivity index (χ0n) is 7.07. The molecule has 1 amide bonds. The van der Waals surface area contributed by atoms with Crippen molar-refractivity contribution in [3.63, 3.8) is 0 Å². The summed E-state index contributed by atoms with van der Waals surface area (Å²) in [4.78, 5) is 13.1. The molecule has 1 saturated carbocycles. The second kappa shape index (κ2) is 2.71. The molecule has 0 aromatic heterocycles. The molecule has 1 saturated heterocycles. The molecule has 4 heteroatoms. The van der Waals surface area contributed by atoms with E-state index < -0.39 is 0 Å². The monoisotopic (exact) mass is 169 g/mol. The first kappa shape index (κ1) is 8.01. The molecule has 1 heterocycles. The molecule has 2 fully saturated rings. The second-order valence-corrected chi connectivity index (χ2v) is 3.83. The minimum absolute atomic E-state index is 0.00231. The van der Waals surface area contributed by atoms with Crippen molar-refractivity contribution in [2.75, 3.05) is 6.54 Å². The normalized spacial score (nSPS) is 41.6. The van der Waals surface area contributed by atoms with Crippen molar-refractivity contribution in [3.05, 3.63) is 0 Å². The molecular formula is C8H15N3O. The van der Waals surface area contributed by atoms with Gasteiger partial charge >= 0.3 is 0 Å². The molecule has 4 nitrogen and oxygen atoms in total. The number of hydrogen-bond acceptors (Lipinski definition) is 3. The largest absolute Gasteiger partial charge is 0.368 e. The van der Waals surface area contributed by atoms with Crippen LogP contribution in [0.2, 0.25) is 0 Å². The van der Waals surface area contributed by atoms with E-state index in [1.165, 1.54) is 0 Å². The predicted octanol–water partition coefficient (Wildman–Crippen LogP) is -0.964. The minimum Gasteiger partial charge on any atom is -0.368 e. The summed E-state index contributed by atoms with van der Waals surface area (Å²) in [7, 11) is 0. The van der Waals surface area contributed by atoms with Crippen molar-refractivity contribution >= 4 is 5.91 Å². The lowest BCUT2D eigenvalue weighted by molar-refractivity contribution is -0.131. The van der Waals surface area contributed by atoms with Crippen LogP contribution in [0.5, 0.6) is 0 Å². The highest BCUT2D eigenvalue weighted by atomic mass is 16.1. The fourth-order valence-electron chi connectivity index (χ4n) is 2.05. The van der Waals surface area contributed by atoms with Crippen molar-refractivity contribution in [2.45, 2.75) is 37.4 Å². The fourth-order valence-corrected chi connectivity index (χ4v) is 2.05. The van der Waals surface area contributed by atoms with Gasteiger partial charge < -0.3 is 11.5 Å². The molecule has 2 rings (SSSR count). The highest BCUT2D eigenvalue weighted by Gasteiger charge is 2.41. The van der Waals surface area contributed by atoms with Gasteiger partial charge in [0.1, 0.15) is 0 Å². The zero-order valence-corrected chi connectivity index (χ0v) is 7.07. The Hall–Kier alpha value is -0.610. The fraction of sp³-hybridized carbons (Fsp3) is 0.875. The van der Waals surface area contributed by atoms with E-state index in [1.807, 2.05) is 0 Å². The van der Waals surface area contributed by atoms with Crippen LogP contribution >= 0.6 is 0 Å². The molecule has 0 bridgehead atoms. The van der Waals surface area contributed by atoms with Crippen molar-refractivity contribution in [3.8, 4) is 0 Å². The first-order valence-electron chi connectivity index (χ1n) is 4.49. The highest BCUT2D eigenvalue weighted by Crippen LogP contribution is 2.31. The summed E-state index contributed by atoms with van der Waals surface area (Å²) in [6.07, 6.45) is 2.99. The number of amides is 1. The second-order valence-electron chi connectivity index (χ2n) is 3.83. The van der Waals surface area contributed by atoms with Crippen LogP contribution in [0.15, 0.2) is 0 Å². The standard InChI is InChI=1S/C8H15N3O/c9-5-3-6(4-5)11-2-1-7(11)8(10)12/h5-7H,1-4,9H2,(H2,10,12). The quantitative estimate of drug-likeness (QED) is 0.559. The third kappa shape index (κ3) is 1.11. The molecule has 0 aromatic rings. The van der Waals surface area contributed by atoms with Crippen LogP contribution in [0.1, 0.15) is 19.3 Å². The number of hydrogen-bond donors (Lipinski definition) is 2. The van der Waals surface area contributed by atoms with Crippen LogP contribution in [0, 0.1) is 0 Å². The topological polar surface area (TPSA) is 72.4 Å². The van der Waals surface area contributed by atoms with Gasteiger partial charge in [-0.15, -0.1) is 0 Å². The smallest absolute Gasteiger partial charge is 0.234 e. The Morgan fingerprint density at radius 2 is 2.08 bits per heavy atom. The average molecular weight is 169 g/mol. The van der Waals surface area contributed by atoms with Crippen LogP contribution < -0.4 is 11.5 Å². The summed E-state index contributed by atoms with van der Waals surface area (Å²) in [5.74, 6) is -0.179. The van der Waals surface area contributed by atoms with Gasteiger partial charge in [0.15, 0.2) is 0 Å². The Morgan fingerprint density at radius 3 is 2.42 bits per heavy atom. The lowest BCUT2D eigenvalue weighted by atomic mass is 9.82. The molecule has 0 radical (unpaired) electrons. The van der Waals surface area contributed by atoms with Gasteiger partial charge in [-0.25, -0.2) is 0 Å². The van der Waals surface area contributed by atoms with E-state index in [0.717, 1.165) is 25.8 Å². The van der Waals surface area contributed by atoms with Gasteiger partial charge in [0.05, 0.1) is 6.04 Å². The lowest BCUT2D eigenvalue weighted by Gasteiger charge is -2.50. The van der Waals surface area contributed by atoms with E-state index in [2.05, 4.69) is 4.90 Å². The molecule has 1 aliphatic carbocycles. The summed E-state index contributed by atoms with van der Waals surface area (Å²) in [5.41, 5.74) is 10.9. The predicted molar refractivity (Wildman–Crippen MR) is 45.3 cm³/mol. The van der Waals surface area contributed by atoms with E-state index in [-0.39, 0.29) is 11.9 Å². The molecular weight excluding hydrogens is 154 g/mol. The van der Waals surface area contributed by atoms with Gasteiger partial charge in [-0.2, -0.15) is 0 Å². The maximum absolute atomic E-state index is 10.9. The van der Waals surface area contributed by atoms with Gasteiger partial charge in [-0.05, 0) is 19.3 Å². The van der Waals surface area contributed by atoms with Crippen LogP contribution in [0.25, 0.3) is 0 Å². The number of rotatable bonds is 2. The molecule has 1 atom stereocenters. The average Bonchev–Trinajstić information content (AvgIpc) is 1.80. The van der Waals surface area contributed by atoms with E-state index in [1.54, 1.807) is 0 Å². The molecule has 0 aromatic carbocycles. The maximum atomic E-state index is 10.9. The lowest BCUT2D eigenvalue weighted by Crippen LogP contribution is -2.63. The Bertz CT molecular complexity index is 200. The maximum Gasteiger partial charge on any atom is 0.234 e. The first-order chi connectivity index (χ1) is 5.68. The summed E-state index contributed by atoms with van der Waals surface area (Å²) in [6.45, 7) is 1.02. The van der Waals surface area contributed by atoms with Crippen LogP contribution in [-0.2, 0) is 4.79 Å². The molecule has 1 aliphatic heterocycles. The Kier molecular flexibility index (Phi) is 1.81. The van der Waals surface area contributed by atoms with Crippen LogP contribution in [0.3, 0.4) is 0 Å². The van der Waals surface area contributed by atoms with Crippen molar-refractivity contribution in [1.29, 1.82) is 0 Å². The van der Waals surface area contributed by atoms with Crippen LogP contribution in [0.4, 0.5) is 0 Å².